The van der Waals surface area contributed by atoms with E-state index < -0.39 is 11.9 Å². The van der Waals surface area contributed by atoms with E-state index in [1.807, 2.05) is 17.2 Å². The summed E-state index contributed by atoms with van der Waals surface area (Å²) in [6, 6.07) is 12.6. The van der Waals surface area contributed by atoms with Gasteiger partial charge in [0.05, 0.1) is 12.5 Å². The van der Waals surface area contributed by atoms with Crippen LogP contribution < -0.4 is 0 Å². The molecule has 0 amide bonds. The van der Waals surface area contributed by atoms with Crippen LogP contribution in [0.15, 0.2) is 36.4 Å². The molecule has 1 atom stereocenters. The summed E-state index contributed by atoms with van der Waals surface area (Å²) in [4.78, 5) is 18.5. The number of unbranched alkanes of at least 4 members (excludes halogenated alkanes) is 1. The lowest BCUT2D eigenvalue weighted by molar-refractivity contribution is -0.163. The summed E-state index contributed by atoms with van der Waals surface area (Å²) in [5.41, 5.74) is 6.53. The fourth-order valence-corrected chi connectivity index (χ4v) is 4.36. The molecule has 1 unspecified atom stereocenters. The third-order valence-corrected chi connectivity index (χ3v) is 6.22. The summed E-state index contributed by atoms with van der Waals surface area (Å²) in [6.45, 7) is 16.9. The minimum Gasteiger partial charge on any atom is -0.481 e. The lowest BCUT2D eigenvalue weighted by Crippen LogP contribution is -2.23. The maximum absolute atomic E-state index is 12.5. The monoisotopic (exact) mass is 453 g/mol. The molecule has 0 saturated heterocycles. The molecule has 4 nitrogen and oxygen atoms in total. The molecule has 4 heteroatoms. The SMILES string of the molecule is CCCCc1cc(-c2c(CON(CC)CC)cccc2C(CC(C)(C)C)C(=O)O)ccc1C. The summed E-state index contributed by atoms with van der Waals surface area (Å²) in [7, 11) is 0. The number of carboxylic acid groups (broad SMARTS) is 1. The Morgan fingerprint density at radius 2 is 1.76 bits per heavy atom. The minimum absolute atomic E-state index is 0.104. The molecule has 1 N–H and O–H groups in total. The van der Waals surface area contributed by atoms with E-state index in [1.54, 1.807) is 0 Å². The predicted octanol–water partition coefficient (Wildman–Crippen LogP) is 7.38. The Kier molecular flexibility index (Phi) is 10.1. The van der Waals surface area contributed by atoms with Crippen molar-refractivity contribution in [2.24, 2.45) is 5.41 Å². The van der Waals surface area contributed by atoms with Gasteiger partial charge in [0, 0.05) is 13.1 Å². The van der Waals surface area contributed by atoms with Crippen molar-refractivity contribution in [3.05, 3.63) is 58.7 Å². The van der Waals surface area contributed by atoms with Crippen LogP contribution in [0.4, 0.5) is 0 Å². The highest BCUT2D eigenvalue weighted by Crippen LogP contribution is 2.39. The first-order valence-electron chi connectivity index (χ1n) is 12.4. The van der Waals surface area contributed by atoms with Gasteiger partial charge in [-0.25, -0.2) is 0 Å². The number of rotatable bonds is 12. The zero-order chi connectivity index (χ0) is 24.6. The first-order chi connectivity index (χ1) is 15.6. The van der Waals surface area contributed by atoms with Gasteiger partial charge in [0.25, 0.3) is 0 Å². The molecule has 0 spiro atoms. The van der Waals surface area contributed by atoms with E-state index in [1.165, 1.54) is 11.1 Å². The van der Waals surface area contributed by atoms with E-state index in [9.17, 15) is 9.90 Å². The Morgan fingerprint density at radius 3 is 2.33 bits per heavy atom. The molecule has 0 aliphatic heterocycles. The molecule has 33 heavy (non-hydrogen) atoms. The summed E-state index contributed by atoms with van der Waals surface area (Å²) >= 11 is 0. The molecule has 0 bridgehead atoms. The summed E-state index contributed by atoms with van der Waals surface area (Å²) in [6.07, 6.45) is 3.90. The normalized spacial score (nSPS) is 12.8. The number of aryl methyl sites for hydroxylation is 2. The highest BCUT2D eigenvalue weighted by Gasteiger charge is 2.29. The second kappa shape index (κ2) is 12.3. The van der Waals surface area contributed by atoms with Gasteiger partial charge in [0.15, 0.2) is 0 Å². The van der Waals surface area contributed by atoms with Gasteiger partial charge >= 0.3 is 5.97 Å². The summed E-state index contributed by atoms with van der Waals surface area (Å²) in [5.74, 6) is -1.35. The van der Waals surface area contributed by atoms with Crippen molar-refractivity contribution in [3.8, 4) is 11.1 Å². The zero-order valence-electron chi connectivity index (χ0n) is 21.7. The van der Waals surface area contributed by atoms with Gasteiger partial charge in [0.1, 0.15) is 0 Å². The number of benzene rings is 2. The van der Waals surface area contributed by atoms with Gasteiger partial charge in [-0.2, -0.15) is 5.06 Å². The third kappa shape index (κ3) is 7.68. The molecule has 0 fully saturated rings. The second-order valence-corrected chi connectivity index (χ2v) is 10.2. The number of hydrogen-bond donors (Lipinski definition) is 1. The van der Waals surface area contributed by atoms with Crippen molar-refractivity contribution in [1.29, 1.82) is 0 Å². The Bertz CT molecular complexity index is 910. The Morgan fingerprint density at radius 1 is 1.06 bits per heavy atom. The van der Waals surface area contributed by atoms with E-state index in [4.69, 9.17) is 4.84 Å². The highest BCUT2D eigenvalue weighted by atomic mass is 16.7. The molecular weight excluding hydrogens is 410 g/mol. The van der Waals surface area contributed by atoms with Gasteiger partial charge < -0.3 is 5.11 Å². The topological polar surface area (TPSA) is 49.8 Å². The lowest BCUT2D eigenvalue weighted by atomic mass is 9.78. The molecular formula is C29H43NO3. The van der Waals surface area contributed by atoms with Crippen LogP contribution in [0.3, 0.4) is 0 Å². The fourth-order valence-electron chi connectivity index (χ4n) is 4.36. The van der Waals surface area contributed by atoms with Gasteiger partial charge in [-0.3, -0.25) is 9.63 Å². The smallest absolute Gasteiger partial charge is 0.311 e. The lowest BCUT2D eigenvalue weighted by Gasteiger charge is -2.27. The van der Waals surface area contributed by atoms with E-state index in [-0.39, 0.29) is 5.41 Å². The van der Waals surface area contributed by atoms with Gasteiger partial charge in [0.2, 0.25) is 0 Å². The Hall–Kier alpha value is -2.17. The van der Waals surface area contributed by atoms with Crippen molar-refractivity contribution >= 4 is 5.97 Å². The van der Waals surface area contributed by atoms with Crippen molar-refractivity contribution in [1.82, 2.24) is 5.06 Å². The predicted molar refractivity (Wildman–Crippen MR) is 137 cm³/mol. The van der Waals surface area contributed by atoms with Crippen LogP contribution in [0.1, 0.15) is 89.0 Å². The van der Waals surface area contributed by atoms with Gasteiger partial charge in [-0.1, -0.05) is 84.4 Å². The molecule has 2 aromatic carbocycles. The van der Waals surface area contributed by atoms with E-state index in [2.05, 4.69) is 72.7 Å². The molecule has 2 aromatic rings. The standard InChI is InChI=1S/C29H43NO3/c1-8-11-13-22-18-23(17-16-21(22)4)27-24(20-33-30(9-2)10-3)14-12-15-25(27)26(28(31)32)19-29(5,6)7/h12,14-18,26H,8-11,13,19-20H2,1-7H3,(H,31,32). The molecule has 0 heterocycles. The number of aliphatic carboxylic acids is 1. The molecule has 0 aliphatic carbocycles. The maximum Gasteiger partial charge on any atom is 0.311 e. The molecule has 0 saturated carbocycles. The van der Waals surface area contributed by atoms with Crippen LogP contribution in [0.5, 0.6) is 0 Å². The van der Waals surface area contributed by atoms with Crippen LogP contribution in [0, 0.1) is 12.3 Å². The van der Waals surface area contributed by atoms with Crippen molar-refractivity contribution in [3.63, 3.8) is 0 Å². The van der Waals surface area contributed by atoms with Crippen LogP contribution in [-0.2, 0) is 22.7 Å². The molecule has 0 radical (unpaired) electrons. The van der Waals surface area contributed by atoms with Crippen molar-refractivity contribution < 1.29 is 14.7 Å². The minimum atomic E-state index is -0.772. The van der Waals surface area contributed by atoms with Crippen molar-refractivity contribution in [2.75, 3.05) is 13.1 Å². The second-order valence-electron chi connectivity index (χ2n) is 10.2. The van der Waals surface area contributed by atoms with Crippen LogP contribution in [-0.4, -0.2) is 29.2 Å². The van der Waals surface area contributed by atoms with Gasteiger partial charge in [-0.05, 0) is 65.0 Å². The number of nitrogens with zero attached hydrogens (tertiary/aromatic N) is 1. The average Bonchev–Trinajstić information content (AvgIpc) is 2.77. The molecule has 182 valence electrons. The van der Waals surface area contributed by atoms with E-state index >= 15 is 0 Å². The van der Waals surface area contributed by atoms with Crippen molar-refractivity contribution in [2.45, 2.75) is 86.7 Å². The maximum atomic E-state index is 12.5. The van der Waals surface area contributed by atoms with Crippen LogP contribution >= 0.6 is 0 Å². The highest BCUT2D eigenvalue weighted by molar-refractivity contribution is 5.82. The largest absolute Gasteiger partial charge is 0.481 e. The molecule has 0 aliphatic rings. The molecule has 0 aromatic heterocycles. The third-order valence-electron chi connectivity index (χ3n) is 6.22. The van der Waals surface area contributed by atoms with E-state index in [0.29, 0.717) is 13.0 Å². The van der Waals surface area contributed by atoms with E-state index in [0.717, 1.165) is 54.6 Å². The van der Waals surface area contributed by atoms with Crippen LogP contribution in [0.2, 0.25) is 0 Å². The quantitative estimate of drug-likeness (QED) is 0.341. The Labute approximate surface area is 200 Å². The zero-order valence-corrected chi connectivity index (χ0v) is 21.7. The first-order valence-corrected chi connectivity index (χ1v) is 12.4. The number of hydrogen-bond acceptors (Lipinski definition) is 3. The number of hydroxylamine groups is 2. The first kappa shape index (κ1) is 27.1. The average molecular weight is 454 g/mol. The number of carbonyl (C=O) groups is 1. The summed E-state index contributed by atoms with van der Waals surface area (Å²) in [5, 5.41) is 12.2. The number of carboxylic acids is 1. The van der Waals surface area contributed by atoms with Gasteiger partial charge in [-0.15, -0.1) is 0 Å². The molecule has 2 rings (SSSR count). The van der Waals surface area contributed by atoms with Crippen LogP contribution in [0.25, 0.3) is 11.1 Å². The fraction of sp³-hybridized carbons (Fsp3) is 0.552. The Balaban J connectivity index is 2.66. The summed E-state index contributed by atoms with van der Waals surface area (Å²) < 4.78 is 0.